The topological polar surface area (TPSA) is 43.6 Å². The van der Waals surface area contributed by atoms with E-state index >= 15 is 0 Å². The molecule has 0 aliphatic rings. The Labute approximate surface area is 120 Å². The third-order valence-corrected chi connectivity index (χ3v) is 3.55. The van der Waals surface area contributed by atoms with Crippen molar-refractivity contribution in [1.82, 2.24) is 19.7 Å². The van der Waals surface area contributed by atoms with Crippen LogP contribution in [0.15, 0.2) is 24.4 Å². The maximum atomic E-state index is 6.03. The number of hydrogen-bond acceptors (Lipinski definition) is 3. The maximum Gasteiger partial charge on any atom is 0.225 e. The average Bonchev–Trinajstić information content (AvgIpc) is 2.76. The summed E-state index contributed by atoms with van der Waals surface area (Å²) in [6, 6.07) is 6.08. The molecule has 2 heterocycles. The highest BCUT2D eigenvalue weighted by molar-refractivity contribution is 6.35. The summed E-state index contributed by atoms with van der Waals surface area (Å²) in [5.41, 5.74) is 3.94. The zero-order valence-electron chi connectivity index (χ0n) is 10.4. The highest BCUT2D eigenvalue weighted by atomic mass is 35.5. The third kappa shape index (κ3) is 2.07. The molecule has 0 N–H and O–H groups in total. The molecule has 0 radical (unpaired) electrons. The van der Waals surface area contributed by atoms with Gasteiger partial charge in [0.1, 0.15) is 5.15 Å². The molecule has 96 valence electrons. The van der Waals surface area contributed by atoms with Gasteiger partial charge in [-0.15, -0.1) is 0 Å². The second-order valence-corrected chi connectivity index (χ2v) is 5.04. The van der Waals surface area contributed by atoms with Crippen LogP contribution in [-0.4, -0.2) is 19.7 Å². The van der Waals surface area contributed by atoms with Crippen molar-refractivity contribution in [2.75, 3.05) is 0 Å². The predicted octanol–water partition coefficient (Wildman–Crippen LogP) is 3.74. The van der Waals surface area contributed by atoms with Crippen molar-refractivity contribution < 1.29 is 0 Å². The minimum absolute atomic E-state index is 0.114. The van der Waals surface area contributed by atoms with E-state index in [4.69, 9.17) is 23.2 Å². The van der Waals surface area contributed by atoms with Crippen LogP contribution in [0.3, 0.4) is 0 Å². The van der Waals surface area contributed by atoms with Crippen LogP contribution >= 0.6 is 23.2 Å². The molecule has 6 heteroatoms. The Balaban J connectivity index is 2.28. The lowest BCUT2D eigenvalue weighted by atomic mass is 10.1. The molecular weight excluding hydrogens is 283 g/mol. The largest absolute Gasteiger partial charge is 0.225 e. The van der Waals surface area contributed by atoms with Crippen LogP contribution in [0.1, 0.15) is 11.1 Å². The first kappa shape index (κ1) is 12.4. The highest BCUT2D eigenvalue weighted by Gasteiger charge is 2.12. The zero-order chi connectivity index (χ0) is 13.6. The molecule has 1 aromatic carbocycles. The van der Waals surface area contributed by atoms with Gasteiger partial charge in [-0.1, -0.05) is 17.7 Å². The van der Waals surface area contributed by atoms with Crippen LogP contribution in [0, 0.1) is 13.8 Å². The van der Waals surface area contributed by atoms with Crippen LogP contribution < -0.4 is 0 Å². The van der Waals surface area contributed by atoms with E-state index in [0.717, 1.165) is 5.69 Å². The van der Waals surface area contributed by atoms with Crippen molar-refractivity contribution in [3.63, 3.8) is 0 Å². The number of aromatic nitrogens is 4. The van der Waals surface area contributed by atoms with E-state index in [2.05, 4.69) is 28.9 Å². The molecule has 0 saturated heterocycles. The molecule has 19 heavy (non-hydrogen) atoms. The fourth-order valence-corrected chi connectivity index (χ4v) is 2.32. The van der Waals surface area contributed by atoms with Gasteiger partial charge in [0.2, 0.25) is 5.28 Å². The van der Waals surface area contributed by atoms with Gasteiger partial charge < -0.3 is 0 Å². The van der Waals surface area contributed by atoms with E-state index in [9.17, 15) is 0 Å². The molecule has 0 spiro atoms. The molecule has 0 saturated carbocycles. The molecule has 3 rings (SSSR count). The lowest BCUT2D eigenvalue weighted by Gasteiger charge is -2.06. The van der Waals surface area contributed by atoms with Gasteiger partial charge in [-0.3, -0.25) is 0 Å². The number of aryl methyl sites for hydroxylation is 2. The van der Waals surface area contributed by atoms with Crippen molar-refractivity contribution in [2.45, 2.75) is 13.8 Å². The molecule has 0 amide bonds. The molecule has 4 nitrogen and oxygen atoms in total. The first-order chi connectivity index (χ1) is 9.06. The summed E-state index contributed by atoms with van der Waals surface area (Å²) in [7, 11) is 0. The summed E-state index contributed by atoms with van der Waals surface area (Å²) in [6.07, 6.45) is 1.64. The first-order valence-electron chi connectivity index (χ1n) is 5.70. The Bertz CT molecular complexity index is 780. The average molecular weight is 293 g/mol. The lowest BCUT2D eigenvalue weighted by molar-refractivity contribution is 0.893. The van der Waals surface area contributed by atoms with Crippen LogP contribution in [0.2, 0.25) is 10.4 Å². The molecule has 0 aliphatic heterocycles. The predicted molar refractivity (Wildman–Crippen MR) is 76.2 cm³/mol. The zero-order valence-corrected chi connectivity index (χ0v) is 11.9. The normalized spacial score (nSPS) is 11.2. The van der Waals surface area contributed by atoms with E-state index < -0.39 is 0 Å². The van der Waals surface area contributed by atoms with Crippen LogP contribution in [0.5, 0.6) is 0 Å². The van der Waals surface area contributed by atoms with E-state index in [0.29, 0.717) is 16.2 Å². The summed E-state index contributed by atoms with van der Waals surface area (Å²) in [4.78, 5) is 8.10. The fraction of sp³-hybridized carbons (Fsp3) is 0.154. The standard InChI is InChI=1S/C13H10Cl2N4/c1-7-3-4-9(5-8(7)2)19-12-10(6-16-19)11(14)17-13(15)18-12/h3-6H,1-2H3. The van der Waals surface area contributed by atoms with Crippen molar-refractivity contribution >= 4 is 34.2 Å². The van der Waals surface area contributed by atoms with Crippen LogP contribution in [0.4, 0.5) is 0 Å². The number of fused-ring (bicyclic) bond motifs is 1. The Morgan fingerprint density at radius 1 is 1.05 bits per heavy atom. The van der Waals surface area contributed by atoms with E-state index in [1.165, 1.54) is 11.1 Å². The van der Waals surface area contributed by atoms with Gasteiger partial charge in [0.25, 0.3) is 0 Å². The van der Waals surface area contributed by atoms with Gasteiger partial charge in [-0.2, -0.15) is 10.1 Å². The lowest BCUT2D eigenvalue weighted by Crippen LogP contribution is -1.99. The number of rotatable bonds is 1. The van der Waals surface area contributed by atoms with E-state index in [1.54, 1.807) is 10.9 Å². The summed E-state index contributed by atoms with van der Waals surface area (Å²) in [6.45, 7) is 4.12. The Morgan fingerprint density at radius 3 is 2.58 bits per heavy atom. The molecule has 3 aromatic rings. The molecular formula is C13H10Cl2N4. The highest BCUT2D eigenvalue weighted by Crippen LogP contribution is 2.24. The molecule has 0 bridgehead atoms. The smallest absolute Gasteiger partial charge is 0.215 e. The molecule has 2 aromatic heterocycles. The van der Waals surface area contributed by atoms with E-state index in [-0.39, 0.29) is 5.28 Å². The van der Waals surface area contributed by atoms with Gasteiger partial charge in [-0.05, 0) is 48.7 Å². The number of hydrogen-bond donors (Lipinski definition) is 0. The fourth-order valence-electron chi connectivity index (χ4n) is 1.90. The van der Waals surface area contributed by atoms with E-state index in [1.807, 2.05) is 18.2 Å². The molecule has 0 atom stereocenters. The quantitative estimate of drug-likeness (QED) is 0.507. The van der Waals surface area contributed by atoms with Crippen molar-refractivity contribution in [3.8, 4) is 5.69 Å². The minimum atomic E-state index is 0.114. The summed E-state index contributed by atoms with van der Waals surface area (Å²) < 4.78 is 1.71. The van der Waals surface area contributed by atoms with Crippen molar-refractivity contribution in [2.24, 2.45) is 0 Å². The van der Waals surface area contributed by atoms with Gasteiger partial charge in [0.05, 0.1) is 17.3 Å². The van der Waals surface area contributed by atoms with Gasteiger partial charge in [-0.25, -0.2) is 9.67 Å². The van der Waals surface area contributed by atoms with Crippen LogP contribution in [0.25, 0.3) is 16.7 Å². The molecule has 0 fully saturated rings. The monoisotopic (exact) mass is 292 g/mol. The second-order valence-electron chi connectivity index (χ2n) is 4.35. The maximum absolute atomic E-state index is 6.03. The Hall–Kier alpha value is -1.65. The van der Waals surface area contributed by atoms with Gasteiger partial charge in [0.15, 0.2) is 5.65 Å². The third-order valence-electron chi connectivity index (χ3n) is 3.09. The first-order valence-corrected chi connectivity index (χ1v) is 6.46. The number of halogens is 2. The SMILES string of the molecule is Cc1ccc(-n2ncc3c(Cl)nc(Cl)nc32)cc1C. The Morgan fingerprint density at radius 2 is 1.84 bits per heavy atom. The number of benzene rings is 1. The summed E-state index contributed by atoms with van der Waals surface area (Å²) in [5.74, 6) is 0. The summed E-state index contributed by atoms with van der Waals surface area (Å²) >= 11 is 11.9. The van der Waals surface area contributed by atoms with Gasteiger partial charge >= 0.3 is 0 Å². The molecule has 0 aliphatic carbocycles. The van der Waals surface area contributed by atoms with Crippen molar-refractivity contribution in [1.29, 1.82) is 0 Å². The summed E-state index contributed by atoms with van der Waals surface area (Å²) in [5, 5.41) is 5.42. The van der Waals surface area contributed by atoms with Crippen molar-refractivity contribution in [3.05, 3.63) is 46.0 Å². The molecule has 0 unspecified atom stereocenters. The minimum Gasteiger partial charge on any atom is -0.215 e. The second kappa shape index (κ2) is 4.47. The van der Waals surface area contributed by atoms with Crippen LogP contribution in [-0.2, 0) is 0 Å². The number of nitrogens with zero attached hydrogens (tertiary/aromatic N) is 4. The van der Waals surface area contributed by atoms with Gasteiger partial charge in [0, 0.05) is 0 Å². The Kier molecular flexibility index (Phi) is 2.92.